The molecule has 0 radical (unpaired) electrons. The molecule has 0 aliphatic carbocycles. The minimum Gasteiger partial charge on any atom is -0.372 e. The van der Waals surface area contributed by atoms with Crippen LogP contribution in [0.2, 0.25) is 0 Å². The van der Waals surface area contributed by atoms with Crippen molar-refractivity contribution in [1.82, 2.24) is 14.3 Å². The van der Waals surface area contributed by atoms with Crippen molar-refractivity contribution in [3.63, 3.8) is 0 Å². The van der Waals surface area contributed by atoms with E-state index in [0.717, 1.165) is 55.9 Å². The van der Waals surface area contributed by atoms with Crippen LogP contribution in [-0.2, 0) is 4.74 Å². The lowest BCUT2D eigenvalue weighted by Gasteiger charge is -2.33. The van der Waals surface area contributed by atoms with Crippen LogP contribution in [0, 0.1) is 0 Å². The largest absolute Gasteiger partial charge is 0.372 e. The normalized spacial score (nSPS) is 22.5. The van der Waals surface area contributed by atoms with Gasteiger partial charge >= 0.3 is 0 Å². The molecule has 2 aliphatic heterocycles. The predicted molar refractivity (Wildman–Crippen MR) is 83.7 cm³/mol. The molecular formula is C15H18N4OS. The fourth-order valence-electron chi connectivity index (χ4n) is 2.63. The average Bonchev–Trinajstić information content (AvgIpc) is 3.22. The van der Waals surface area contributed by atoms with E-state index in [4.69, 9.17) is 9.72 Å². The molecule has 0 bridgehead atoms. The van der Waals surface area contributed by atoms with Crippen LogP contribution in [0.1, 0.15) is 0 Å². The molecule has 4 rings (SSSR count). The second-order valence-corrected chi connectivity index (χ2v) is 6.24. The Morgan fingerprint density at radius 3 is 2.62 bits per heavy atom. The number of hydrogen-bond acceptors (Lipinski definition) is 6. The molecule has 2 saturated heterocycles. The SMILES string of the molecule is c1ccc(-c2nsc(N3CCN(CC4CO4)CC3)n2)cc1. The Balaban J connectivity index is 1.40. The molecular weight excluding hydrogens is 284 g/mol. The molecule has 0 saturated carbocycles. The molecule has 0 N–H and O–H groups in total. The van der Waals surface area contributed by atoms with Gasteiger partial charge in [-0.2, -0.15) is 9.36 Å². The van der Waals surface area contributed by atoms with Gasteiger partial charge in [-0.05, 0) is 0 Å². The quantitative estimate of drug-likeness (QED) is 0.805. The fourth-order valence-corrected chi connectivity index (χ4v) is 3.37. The standard InChI is InChI=1S/C15H18N4OS/c1-2-4-12(5-3-1)14-16-15(21-17-14)19-8-6-18(7-9-19)10-13-11-20-13/h1-5,13H,6-11H2. The van der Waals surface area contributed by atoms with E-state index in [0.29, 0.717) is 6.10 Å². The van der Waals surface area contributed by atoms with Crippen molar-refractivity contribution in [1.29, 1.82) is 0 Å². The van der Waals surface area contributed by atoms with Gasteiger partial charge in [0, 0.05) is 49.8 Å². The maximum Gasteiger partial charge on any atom is 0.205 e. The first-order valence-electron chi connectivity index (χ1n) is 7.36. The Labute approximate surface area is 128 Å². The summed E-state index contributed by atoms with van der Waals surface area (Å²) in [6.07, 6.45) is 0.489. The first-order valence-corrected chi connectivity index (χ1v) is 8.14. The van der Waals surface area contributed by atoms with Crippen LogP contribution in [0.4, 0.5) is 5.13 Å². The number of piperazine rings is 1. The predicted octanol–water partition coefficient (Wildman–Crippen LogP) is 1.73. The molecule has 6 heteroatoms. The van der Waals surface area contributed by atoms with Crippen molar-refractivity contribution in [2.45, 2.75) is 6.10 Å². The van der Waals surface area contributed by atoms with E-state index in [2.05, 4.69) is 26.3 Å². The van der Waals surface area contributed by atoms with Crippen LogP contribution < -0.4 is 4.90 Å². The summed E-state index contributed by atoms with van der Waals surface area (Å²) in [6.45, 7) is 6.24. The van der Waals surface area contributed by atoms with Gasteiger partial charge < -0.3 is 9.64 Å². The molecule has 1 unspecified atom stereocenters. The average molecular weight is 302 g/mol. The number of aromatic nitrogens is 2. The van der Waals surface area contributed by atoms with Gasteiger partial charge in [0.05, 0.1) is 12.7 Å². The highest BCUT2D eigenvalue weighted by Crippen LogP contribution is 2.25. The van der Waals surface area contributed by atoms with E-state index in [1.165, 1.54) is 11.5 Å². The smallest absolute Gasteiger partial charge is 0.205 e. The fraction of sp³-hybridized carbons (Fsp3) is 0.467. The highest BCUT2D eigenvalue weighted by Gasteiger charge is 2.28. The minimum absolute atomic E-state index is 0.489. The van der Waals surface area contributed by atoms with Crippen LogP contribution in [0.5, 0.6) is 0 Å². The number of benzene rings is 1. The van der Waals surface area contributed by atoms with E-state index < -0.39 is 0 Å². The van der Waals surface area contributed by atoms with Crippen LogP contribution in [0.3, 0.4) is 0 Å². The van der Waals surface area contributed by atoms with Crippen molar-refractivity contribution in [3.05, 3.63) is 30.3 Å². The van der Waals surface area contributed by atoms with Crippen molar-refractivity contribution in [3.8, 4) is 11.4 Å². The van der Waals surface area contributed by atoms with Crippen LogP contribution in [0.25, 0.3) is 11.4 Å². The molecule has 5 nitrogen and oxygen atoms in total. The molecule has 21 heavy (non-hydrogen) atoms. The van der Waals surface area contributed by atoms with Crippen molar-refractivity contribution in [2.24, 2.45) is 0 Å². The van der Waals surface area contributed by atoms with E-state index in [9.17, 15) is 0 Å². The summed E-state index contributed by atoms with van der Waals surface area (Å²) in [5, 5.41) is 1.04. The van der Waals surface area contributed by atoms with Crippen molar-refractivity contribution in [2.75, 3.05) is 44.2 Å². The van der Waals surface area contributed by atoms with E-state index >= 15 is 0 Å². The third-order valence-corrected chi connectivity index (χ3v) is 4.73. The van der Waals surface area contributed by atoms with Crippen LogP contribution in [-0.4, -0.2) is 59.7 Å². The Morgan fingerprint density at radius 1 is 1.14 bits per heavy atom. The number of rotatable bonds is 4. The summed E-state index contributed by atoms with van der Waals surface area (Å²) >= 11 is 1.50. The maximum atomic E-state index is 5.30. The van der Waals surface area contributed by atoms with Gasteiger partial charge in [0.1, 0.15) is 0 Å². The van der Waals surface area contributed by atoms with Gasteiger partial charge in [-0.15, -0.1) is 0 Å². The van der Waals surface area contributed by atoms with Gasteiger partial charge in [0.25, 0.3) is 0 Å². The summed E-state index contributed by atoms with van der Waals surface area (Å²) < 4.78 is 9.79. The third-order valence-electron chi connectivity index (χ3n) is 3.95. The van der Waals surface area contributed by atoms with Gasteiger partial charge in [-0.25, -0.2) is 0 Å². The number of hydrogen-bond donors (Lipinski definition) is 0. The maximum absolute atomic E-state index is 5.30. The van der Waals surface area contributed by atoms with Gasteiger partial charge in [0.2, 0.25) is 5.13 Å². The van der Waals surface area contributed by atoms with E-state index in [1.807, 2.05) is 18.2 Å². The number of ether oxygens (including phenoxy) is 1. The lowest BCUT2D eigenvalue weighted by atomic mass is 10.2. The molecule has 1 atom stereocenters. The van der Waals surface area contributed by atoms with Gasteiger partial charge in [0.15, 0.2) is 5.82 Å². The van der Waals surface area contributed by atoms with Crippen LogP contribution >= 0.6 is 11.5 Å². The monoisotopic (exact) mass is 302 g/mol. The summed E-state index contributed by atoms with van der Waals surface area (Å²) in [4.78, 5) is 9.51. The lowest BCUT2D eigenvalue weighted by molar-refractivity contribution is 0.230. The second-order valence-electron chi connectivity index (χ2n) is 5.51. The van der Waals surface area contributed by atoms with Crippen molar-refractivity contribution >= 4 is 16.7 Å². The molecule has 110 valence electrons. The number of anilines is 1. The molecule has 0 amide bonds. The van der Waals surface area contributed by atoms with Crippen LogP contribution in [0.15, 0.2) is 30.3 Å². The third kappa shape index (κ3) is 3.07. The summed E-state index contributed by atoms with van der Waals surface area (Å²) in [6, 6.07) is 10.2. The summed E-state index contributed by atoms with van der Waals surface area (Å²) in [5.74, 6) is 0.837. The number of epoxide rings is 1. The zero-order valence-electron chi connectivity index (χ0n) is 11.8. The Morgan fingerprint density at radius 2 is 1.90 bits per heavy atom. The number of nitrogens with zero attached hydrogens (tertiary/aromatic N) is 4. The topological polar surface area (TPSA) is 44.8 Å². The zero-order valence-corrected chi connectivity index (χ0v) is 12.6. The summed E-state index contributed by atoms with van der Waals surface area (Å²) in [5.41, 5.74) is 1.09. The van der Waals surface area contributed by atoms with Gasteiger partial charge in [-0.1, -0.05) is 30.3 Å². The highest BCUT2D eigenvalue weighted by molar-refractivity contribution is 7.09. The first-order chi connectivity index (χ1) is 10.4. The molecule has 0 spiro atoms. The van der Waals surface area contributed by atoms with E-state index in [1.54, 1.807) is 0 Å². The summed E-state index contributed by atoms with van der Waals surface area (Å²) in [7, 11) is 0. The Hall–Kier alpha value is -1.50. The zero-order chi connectivity index (χ0) is 14.1. The van der Waals surface area contributed by atoms with Gasteiger partial charge in [-0.3, -0.25) is 4.90 Å². The molecule has 1 aromatic carbocycles. The Kier molecular flexibility index (Phi) is 3.58. The van der Waals surface area contributed by atoms with Crippen molar-refractivity contribution < 1.29 is 4.74 Å². The molecule has 2 aliphatic rings. The Bertz CT molecular complexity index is 591. The molecule has 3 heterocycles. The first kappa shape index (κ1) is 13.2. The van der Waals surface area contributed by atoms with E-state index in [-0.39, 0.29) is 0 Å². The second kappa shape index (κ2) is 5.71. The molecule has 2 fully saturated rings. The lowest BCUT2D eigenvalue weighted by Crippen LogP contribution is -2.47. The molecule has 1 aromatic heterocycles. The minimum atomic E-state index is 0.489. The molecule has 2 aromatic rings. The highest BCUT2D eigenvalue weighted by atomic mass is 32.1.